The van der Waals surface area contributed by atoms with Crippen LogP contribution < -0.4 is 0 Å². The summed E-state index contributed by atoms with van der Waals surface area (Å²) >= 11 is 0. The second-order valence-corrected chi connectivity index (χ2v) is 1.54. The summed E-state index contributed by atoms with van der Waals surface area (Å²) in [6.45, 7) is 3.50. The van der Waals surface area contributed by atoms with E-state index >= 15 is 0 Å². The quantitative estimate of drug-likeness (QED) is 0.532. The first-order valence-corrected chi connectivity index (χ1v) is 2.57. The second kappa shape index (κ2) is 4.34. The number of hydrogen-bond donors (Lipinski definition) is 0. The molecule has 0 atom stereocenters. The average Bonchev–Trinajstić information content (AvgIpc) is 2.04. The molecule has 0 saturated heterocycles. The third kappa shape index (κ3) is 2.30. The van der Waals surface area contributed by atoms with Crippen LogP contribution in [-0.4, -0.2) is 0 Å². The maximum atomic E-state index is 12.0. The van der Waals surface area contributed by atoms with Crippen LogP contribution in [-0.2, 0) is 0 Å². The van der Waals surface area contributed by atoms with E-state index in [2.05, 4.69) is 6.57 Å². The van der Waals surface area contributed by atoms with Crippen molar-refractivity contribution >= 4 is 0 Å². The van der Waals surface area contributed by atoms with E-state index in [1.54, 1.807) is 0 Å². The van der Waals surface area contributed by atoms with Crippen molar-refractivity contribution in [2.24, 2.45) is 0 Å². The van der Waals surface area contributed by atoms with Crippen molar-refractivity contribution in [3.8, 4) is 6.57 Å². The molecule has 0 saturated carbocycles. The predicted octanol–water partition coefficient (Wildman–Crippen LogP) is 2.24. The molecule has 0 N–H and O–H groups in total. The second-order valence-electron chi connectivity index (χ2n) is 1.54. The fourth-order valence-corrected chi connectivity index (χ4v) is 0.477. The van der Waals surface area contributed by atoms with Crippen LogP contribution in [0.25, 0.3) is 0 Å². The molecule has 0 aromatic heterocycles. The molecule has 0 amide bonds. The van der Waals surface area contributed by atoms with Crippen LogP contribution in [0, 0.1) is 29.3 Å². The molecular weight excluding hydrogens is 155 g/mol. The molecule has 4 heteroatoms. The SMILES string of the molecule is C#N.Fc1cccc(F)c1F. The zero-order chi connectivity index (χ0) is 8.85. The predicted molar refractivity (Wildman–Crippen MR) is 33.0 cm³/mol. The first kappa shape index (κ1) is 9.50. The van der Waals surface area contributed by atoms with E-state index in [4.69, 9.17) is 5.26 Å². The Kier molecular flexibility index (Phi) is 3.75. The third-order valence-corrected chi connectivity index (χ3v) is 0.904. The van der Waals surface area contributed by atoms with E-state index in [9.17, 15) is 13.2 Å². The van der Waals surface area contributed by atoms with E-state index < -0.39 is 17.5 Å². The maximum Gasteiger partial charge on any atom is 0.194 e. The van der Waals surface area contributed by atoms with Gasteiger partial charge in [0.2, 0.25) is 0 Å². The van der Waals surface area contributed by atoms with Gasteiger partial charge in [-0.25, -0.2) is 18.4 Å². The van der Waals surface area contributed by atoms with Gasteiger partial charge in [-0.2, -0.15) is 0 Å². The smallest absolute Gasteiger partial charge is 0.194 e. The monoisotopic (exact) mass is 159 g/mol. The van der Waals surface area contributed by atoms with Gasteiger partial charge < -0.3 is 0 Å². The van der Waals surface area contributed by atoms with Crippen molar-refractivity contribution in [3.63, 3.8) is 0 Å². The Bertz CT molecular complexity index is 237. The lowest BCUT2D eigenvalue weighted by atomic mass is 10.3. The normalized spacial score (nSPS) is 8.09. The van der Waals surface area contributed by atoms with E-state index in [-0.39, 0.29) is 0 Å². The van der Waals surface area contributed by atoms with Gasteiger partial charge in [0.25, 0.3) is 0 Å². The number of benzene rings is 1. The molecule has 58 valence electrons. The first-order valence-electron chi connectivity index (χ1n) is 2.57. The van der Waals surface area contributed by atoms with Gasteiger partial charge in [0.05, 0.1) is 0 Å². The minimum atomic E-state index is -1.42. The molecule has 0 aliphatic heterocycles. The molecule has 0 aliphatic carbocycles. The van der Waals surface area contributed by atoms with Crippen LogP contribution in [0.2, 0.25) is 0 Å². The fourth-order valence-electron chi connectivity index (χ4n) is 0.477. The summed E-state index contributed by atoms with van der Waals surface area (Å²) in [6, 6.07) is 2.82. The van der Waals surface area contributed by atoms with Crippen LogP contribution in [0.15, 0.2) is 18.2 Å². The van der Waals surface area contributed by atoms with Gasteiger partial charge in [-0.05, 0) is 12.1 Å². The Morgan fingerprint density at radius 1 is 1.00 bits per heavy atom. The Morgan fingerprint density at radius 2 is 1.36 bits per heavy atom. The summed E-state index contributed by atoms with van der Waals surface area (Å²) in [5, 5.41) is 6.50. The molecule has 0 radical (unpaired) electrons. The molecule has 0 fully saturated rings. The van der Waals surface area contributed by atoms with Crippen molar-refractivity contribution in [2.45, 2.75) is 0 Å². The molecule has 0 aliphatic rings. The maximum absolute atomic E-state index is 12.0. The highest BCUT2D eigenvalue weighted by atomic mass is 19.2. The van der Waals surface area contributed by atoms with Gasteiger partial charge in [-0.1, -0.05) is 6.07 Å². The molecule has 0 bridgehead atoms. The lowest BCUT2D eigenvalue weighted by Crippen LogP contribution is -1.86. The fraction of sp³-hybridized carbons (Fsp3) is 0. The van der Waals surface area contributed by atoms with Crippen molar-refractivity contribution in [1.82, 2.24) is 0 Å². The van der Waals surface area contributed by atoms with E-state index in [0.717, 1.165) is 18.2 Å². The Labute approximate surface area is 61.7 Å². The van der Waals surface area contributed by atoms with Crippen molar-refractivity contribution in [2.75, 3.05) is 0 Å². The Hall–Kier alpha value is -1.50. The van der Waals surface area contributed by atoms with Crippen LogP contribution in [0.1, 0.15) is 0 Å². The van der Waals surface area contributed by atoms with Gasteiger partial charge >= 0.3 is 0 Å². The number of nitrogens with zero attached hydrogens (tertiary/aromatic N) is 1. The molecule has 1 aromatic carbocycles. The average molecular weight is 159 g/mol. The Balaban J connectivity index is 0.000000461. The highest BCUT2D eigenvalue weighted by molar-refractivity contribution is 5.07. The Morgan fingerprint density at radius 3 is 1.64 bits per heavy atom. The van der Waals surface area contributed by atoms with Crippen LogP contribution in [0.3, 0.4) is 0 Å². The summed E-state index contributed by atoms with van der Waals surface area (Å²) < 4.78 is 35.9. The van der Waals surface area contributed by atoms with Crippen molar-refractivity contribution in [1.29, 1.82) is 5.26 Å². The van der Waals surface area contributed by atoms with Gasteiger partial charge in [0.15, 0.2) is 17.5 Å². The van der Waals surface area contributed by atoms with Gasteiger partial charge in [-0.15, -0.1) is 0 Å². The zero-order valence-electron chi connectivity index (χ0n) is 5.39. The number of nitriles is 1. The number of hydrogen-bond acceptors (Lipinski definition) is 1. The molecule has 1 rings (SSSR count). The van der Waals surface area contributed by atoms with Gasteiger partial charge in [-0.3, -0.25) is 0 Å². The zero-order valence-corrected chi connectivity index (χ0v) is 5.39. The minimum absolute atomic E-state index is 0.860. The summed E-state index contributed by atoms with van der Waals surface area (Å²) in [5.74, 6) is -3.73. The number of rotatable bonds is 0. The van der Waals surface area contributed by atoms with E-state index in [1.807, 2.05) is 0 Å². The first-order chi connectivity index (χ1) is 5.22. The van der Waals surface area contributed by atoms with E-state index in [1.165, 1.54) is 0 Å². The highest BCUT2D eigenvalue weighted by Crippen LogP contribution is 2.07. The van der Waals surface area contributed by atoms with Gasteiger partial charge in [0.1, 0.15) is 0 Å². The van der Waals surface area contributed by atoms with Crippen molar-refractivity contribution < 1.29 is 13.2 Å². The van der Waals surface area contributed by atoms with Crippen LogP contribution in [0.5, 0.6) is 0 Å². The molecule has 1 aromatic rings. The van der Waals surface area contributed by atoms with Crippen LogP contribution in [0.4, 0.5) is 13.2 Å². The highest BCUT2D eigenvalue weighted by Gasteiger charge is 2.04. The summed E-state index contributed by atoms with van der Waals surface area (Å²) in [5.41, 5.74) is 0. The van der Waals surface area contributed by atoms with Crippen molar-refractivity contribution in [3.05, 3.63) is 35.7 Å². The lowest BCUT2D eigenvalue weighted by molar-refractivity contribution is 0.447. The largest absolute Gasteiger partial charge is 0.204 e. The minimum Gasteiger partial charge on any atom is -0.204 e. The summed E-state index contributed by atoms with van der Waals surface area (Å²) in [6.07, 6.45) is 0. The van der Waals surface area contributed by atoms with E-state index in [0.29, 0.717) is 0 Å². The number of halogens is 3. The molecule has 0 spiro atoms. The molecular formula is C7H4F3N. The molecule has 1 nitrogen and oxygen atoms in total. The van der Waals surface area contributed by atoms with Crippen LogP contribution >= 0.6 is 0 Å². The molecule has 11 heavy (non-hydrogen) atoms. The summed E-state index contributed by atoms with van der Waals surface area (Å²) in [4.78, 5) is 0. The third-order valence-electron chi connectivity index (χ3n) is 0.904. The molecule has 0 unspecified atom stereocenters. The standard InChI is InChI=1S/C6H3F3.CHN/c7-4-2-1-3-5(8)6(4)9;1-2/h1-3H;1H. The topological polar surface area (TPSA) is 23.8 Å². The molecule has 0 heterocycles. The summed E-state index contributed by atoms with van der Waals surface area (Å²) in [7, 11) is 0. The lowest BCUT2D eigenvalue weighted by Gasteiger charge is -1.90. The van der Waals surface area contributed by atoms with Gasteiger partial charge in [0, 0.05) is 6.57 Å².